The van der Waals surface area contributed by atoms with Crippen LogP contribution in [0.2, 0.25) is 0 Å². The van der Waals surface area contributed by atoms with Crippen LogP contribution in [-0.4, -0.2) is 45.7 Å². The molecule has 1 amide bonds. The molecule has 1 fully saturated rings. The Morgan fingerprint density at radius 1 is 1.32 bits per heavy atom. The Kier molecular flexibility index (Phi) is 6.51. The molecule has 2 N–H and O–H groups in total. The highest BCUT2D eigenvalue weighted by atomic mass is 32.2. The fourth-order valence-electron chi connectivity index (χ4n) is 2.35. The molecule has 138 valence electrons. The van der Waals surface area contributed by atoms with Crippen LogP contribution in [0.25, 0.3) is 0 Å². The minimum Gasteiger partial charge on any atom is -0.462 e. The molecule has 9 heteroatoms. The summed E-state index contributed by atoms with van der Waals surface area (Å²) in [6.45, 7) is 3.55. The quantitative estimate of drug-likeness (QED) is 0.694. The van der Waals surface area contributed by atoms with Gasteiger partial charge in [0.25, 0.3) is 0 Å². The van der Waals surface area contributed by atoms with E-state index < -0.39 is 22.0 Å². The lowest BCUT2D eigenvalue weighted by Crippen LogP contribution is -2.40. The van der Waals surface area contributed by atoms with Gasteiger partial charge in [0.05, 0.1) is 11.0 Å². The highest BCUT2D eigenvalue weighted by Gasteiger charge is 2.25. The Morgan fingerprint density at radius 2 is 2.00 bits per heavy atom. The van der Waals surface area contributed by atoms with Crippen molar-refractivity contribution in [2.24, 2.45) is 0 Å². The molecule has 1 aliphatic rings. The minimum absolute atomic E-state index is 0.0135. The molecule has 1 unspecified atom stereocenters. The third-order valence-electron chi connectivity index (χ3n) is 3.61. The van der Waals surface area contributed by atoms with E-state index in [1.54, 1.807) is 0 Å². The molecule has 0 aromatic heterocycles. The molecule has 2 atom stereocenters. The van der Waals surface area contributed by atoms with Gasteiger partial charge >= 0.3 is 5.97 Å². The van der Waals surface area contributed by atoms with Crippen molar-refractivity contribution in [1.29, 1.82) is 0 Å². The first-order valence-corrected chi connectivity index (χ1v) is 9.44. The van der Waals surface area contributed by atoms with Gasteiger partial charge in [-0.25, -0.2) is 8.42 Å². The summed E-state index contributed by atoms with van der Waals surface area (Å²) in [4.78, 5) is 22.9. The molecule has 0 aliphatic carbocycles. The Morgan fingerprint density at radius 3 is 2.56 bits per heavy atom. The van der Waals surface area contributed by atoms with Crippen LogP contribution in [0.1, 0.15) is 26.7 Å². The van der Waals surface area contributed by atoms with Crippen molar-refractivity contribution < 1.29 is 27.5 Å². The Labute approximate surface area is 146 Å². The molecule has 1 heterocycles. The molecule has 1 aromatic carbocycles. The van der Waals surface area contributed by atoms with Crippen LogP contribution in [0.4, 0.5) is 5.69 Å². The molecule has 8 nitrogen and oxygen atoms in total. The molecular weight excluding hydrogens is 348 g/mol. The third kappa shape index (κ3) is 5.80. The highest BCUT2D eigenvalue weighted by Crippen LogP contribution is 2.15. The number of hydrogen-bond donors (Lipinski definition) is 2. The number of rotatable bonds is 7. The van der Waals surface area contributed by atoms with E-state index in [2.05, 4.69) is 10.0 Å². The first-order valence-electron chi connectivity index (χ1n) is 7.96. The average molecular weight is 370 g/mol. The number of carbonyl (C=O) groups is 2. The maximum absolute atomic E-state index is 12.3. The first-order chi connectivity index (χ1) is 11.8. The van der Waals surface area contributed by atoms with E-state index in [1.165, 1.54) is 38.1 Å². The summed E-state index contributed by atoms with van der Waals surface area (Å²) < 4.78 is 37.3. The Hall–Kier alpha value is -1.97. The molecule has 25 heavy (non-hydrogen) atoms. The monoisotopic (exact) mass is 370 g/mol. The Balaban J connectivity index is 1.92. The number of nitrogens with one attached hydrogen (secondary N) is 2. The van der Waals surface area contributed by atoms with Gasteiger partial charge in [0.15, 0.2) is 0 Å². The average Bonchev–Trinajstić information content (AvgIpc) is 3.05. The van der Waals surface area contributed by atoms with E-state index in [0.717, 1.165) is 12.8 Å². The maximum Gasteiger partial charge on any atom is 0.323 e. The molecule has 1 saturated heterocycles. The zero-order valence-corrected chi connectivity index (χ0v) is 15.0. The molecular formula is C16H22N2O6S. The van der Waals surface area contributed by atoms with Crippen molar-refractivity contribution in [2.75, 3.05) is 18.5 Å². The van der Waals surface area contributed by atoms with E-state index in [0.29, 0.717) is 12.3 Å². The number of hydrogen-bond acceptors (Lipinski definition) is 6. The Bertz CT molecular complexity index is 711. The SMILES string of the molecule is CC(=O)Nc1ccc(S(=O)(=O)N[C@@H](C)C(=O)OCC2CCCO2)cc1. The number of ether oxygens (including phenoxy) is 2. The van der Waals surface area contributed by atoms with Crippen molar-refractivity contribution in [3.63, 3.8) is 0 Å². The van der Waals surface area contributed by atoms with E-state index in [-0.39, 0.29) is 23.5 Å². The molecule has 1 aromatic rings. The summed E-state index contributed by atoms with van der Waals surface area (Å²) in [6.07, 6.45) is 1.64. The summed E-state index contributed by atoms with van der Waals surface area (Å²) >= 11 is 0. The molecule has 1 aliphatic heterocycles. The standard InChI is InChI=1S/C16H22N2O6S/c1-11(16(20)24-10-14-4-3-9-23-14)18-25(21,22)15-7-5-13(6-8-15)17-12(2)19/h5-8,11,14,18H,3-4,9-10H2,1-2H3,(H,17,19)/t11-,14?/m0/s1. The number of benzene rings is 1. The lowest BCUT2D eigenvalue weighted by molar-refractivity contribution is -0.148. The van der Waals surface area contributed by atoms with Crippen molar-refractivity contribution >= 4 is 27.6 Å². The number of amides is 1. The van der Waals surface area contributed by atoms with E-state index >= 15 is 0 Å². The van der Waals surface area contributed by atoms with Crippen LogP contribution in [-0.2, 0) is 29.1 Å². The van der Waals surface area contributed by atoms with Crippen LogP contribution in [0.3, 0.4) is 0 Å². The predicted octanol–water partition coefficient (Wildman–Crippen LogP) is 1.03. The second-order valence-electron chi connectivity index (χ2n) is 5.81. The topological polar surface area (TPSA) is 111 Å². The lowest BCUT2D eigenvalue weighted by atomic mass is 10.2. The molecule has 2 rings (SSSR count). The number of sulfonamides is 1. The van der Waals surface area contributed by atoms with Crippen LogP contribution < -0.4 is 10.0 Å². The summed E-state index contributed by atoms with van der Waals surface area (Å²) in [7, 11) is -3.88. The van der Waals surface area contributed by atoms with Gasteiger partial charge in [0, 0.05) is 19.2 Å². The molecule has 0 spiro atoms. The number of esters is 1. The van der Waals surface area contributed by atoms with Crippen LogP contribution in [0.5, 0.6) is 0 Å². The second kappa shape index (κ2) is 8.41. The van der Waals surface area contributed by atoms with E-state index in [1.807, 2.05) is 0 Å². The normalized spacial score (nSPS) is 18.6. The molecule has 0 radical (unpaired) electrons. The van der Waals surface area contributed by atoms with Crippen LogP contribution in [0, 0.1) is 0 Å². The van der Waals surface area contributed by atoms with Gasteiger partial charge in [-0.05, 0) is 44.0 Å². The smallest absolute Gasteiger partial charge is 0.323 e. The summed E-state index contributed by atoms with van der Waals surface area (Å²) in [6, 6.07) is 4.60. The zero-order valence-electron chi connectivity index (χ0n) is 14.2. The minimum atomic E-state index is -3.88. The maximum atomic E-state index is 12.3. The molecule has 0 bridgehead atoms. The molecule has 0 saturated carbocycles. The number of anilines is 1. The van der Waals surface area contributed by atoms with Crippen molar-refractivity contribution in [3.05, 3.63) is 24.3 Å². The fraction of sp³-hybridized carbons (Fsp3) is 0.500. The third-order valence-corrected chi connectivity index (χ3v) is 5.16. The van der Waals surface area contributed by atoms with Gasteiger partial charge in [0.2, 0.25) is 15.9 Å². The second-order valence-corrected chi connectivity index (χ2v) is 7.53. The van der Waals surface area contributed by atoms with Crippen LogP contribution in [0.15, 0.2) is 29.2 Å². The predicted molar refractivity (Wildman–Crippen MR) is 90.5 cm³/mol. The van der Waals surface area contributed by atoms with Gasteiger partial charge in [-0.1, -0.05) is 0 Å². The van der Waals surface area contributed by atoms with Gasteiger partial charge in [-0.2, -0.15) is 4.72 Å². The van der Waals surface area contributed by atoms with Gasteiger partial charge in [0.1, 0.15) is 12.6 Å². The zero-order chi connectivity index (χ0) is 18.4. The summed E-state index contributed by atoms with van der Waals surface area (Å²) in [5.41, 5.74) is 0.482. The van der Waals surface area contributed by atoms with Crippen LogP contribution >= 0.6 is 0 Å². The van der Waals surface area contributed by atoms with Crippen molar-refractivity contribution in [3.8, 4) is 0 Å². The van der Waals surface area contributed by atoms with Crippen molar-refractivity contribution in [2.45, 2.75) is 43.7 Å². The lowest BCUT2D eigenvalue weighted by Gasteiger charge is -2.16. The largest absolute Gasteiger partial charge is 0.462 e. The fourth-order valence-corrected chi connectivity index (χ4v) is 3.54. The van der Waals surface area contributed by atoms with Gasteiger partial charge in [-0.15, -0.1) is 0 Å². The van der Waals surface area contributed by atoms with Gasteiger partial charge < -0.3 is 14.8 Å². The highest BCUT2D eigenvalue weighted by molar-refractivity contribution is 7.89. The van der Waals surface area contributed by atoms with Crippen molar-refractivity contribution in [1.82, 2.24) is 4.72 Å². The van der Waals surface area contributed by atoms with Gasteiger partial charge in [-0.3, -0.25) is 9.59 Å². The number of carbonyl (C=O) groups excluding carboxylic acids is 2. The first kappa shape index (κ1) is 19.4. The summed E-state index contributed by atoms with van der Waals surface area (Å²) in [5, 5.41) is 2.55. The van der Waals surface area contributed by atoms with E-state index in [9.17, 15) is 18.0 Å². The summed E-state index contributed by atoms with van der Waals surface area (Å²) in [5.74, 6) is -0.912. The van der Waals surface area contributed by atoms with E-state index in [4.69, 9.17) is 9.47 Å².